The number of carbonyl (C=O) groups excluding carboxylic acids is 1. The lowest BCUT2D eigenvalue weighted by Crippen LogP contribution is -2.10. The molecule has 1 aromatic rings. The van der Waals surface area contributed by atoms with Gasteiger partial charge in [-0.15, -0.1) is 0 Å². The van der Waals surface area contributed by atoms with Gasteiger partial charge in [-0.2, -0.15) is 0 Å². The Kier molecular flexibility index (Phi) is 4.39. The number of nitro groups is 1. The number of nitrogens with zero attached hydrogens (tertiary/aromatic N) is 1. The van der Waals surface area contributed by atoms with Crippen LogP contribution in [0, 0.1) is 10.1 Å². The number of benzene rings is 1. The zero-order valence-electron chi connectivity index (χ0n) is 8.60. The summed E-state index contributed by atoms with van der Waals surface area (Å²) in [6.45, 7) is -0.0558. The van der Waals surface area contributed by atoms with Crippen molar-refractivity contribution in [2.75, 3.05) is 13.7 Å². The van der Waals surface area contributed by atoms with Gasteiger partial charge in [-0.3, -0.25) is 14.9 Å². The second-order valence-corrected chi connectivity index (χ2v) is 3.62. The normalized spacial score (nSPS) is 10.1. The molecule has 0 saturated heterocycles. The minimum absolute atomic E-state index is 0.0265. The van der Waals surface area contributed by atoms with Crippen LogP contribution in [-0.2, 0) is 16.0 Å². The Morgan fingerprint density at radius 2 is 2.25 bits per heavy atom. The third-order valence-corrected chi connectivity index (χ3v) is 2.17. The summed E-state index contributed by atoms with van der Waals surface area (Å²) in [7, 11) is 1.40. The van der Waals surface area contributed by atoms with E-state index in [4.69, 9.17) is 11.6 Å². The highest BCUT2D eigenvalue weighted by Gasteiger charge is 2.16. The van der Waals surface area contributed by atoms with Gasteiger partial charge < -0.3 is 4.74 Å². The largest absolute Gasteiger partial charge is 0.377 e. The highest BCUT2D eigenvalue weighted by Crippen LogP contribution is 2.23. The molecule has 6 heteroatoms. The topological polar surface area (TPSA) is 69.4 Å². The van der Waals surface area contributed by atoms with Crippen LogP contribution in [0.5, 0.6) is 0 Å². The molecule has 0 aliphatic heterocycles. The van der Waals surface area contributed by atoms with Crippen molar-refractivity contribution in [2.45, 2.75) is 6.42 Å². The maximum Gasteiger partial charge on any atom is 0.274 e. The Morgan fingerprint density at radius 1 is 1.56 bits per heavy atom. The molecule has 0 N–H and O–H groups in total. The molecule has 1 aromatic carbocycles. The third kappa shape index (κ3) is 3.29. The number of halogens is 1. The first-order valence-electron chi connectivity index (χ1n) is 4.48. The van der Waals surface area contributed by atoms with Crippen LogP contribution in [0.25, 0.3) is 0 Å². The first kappa shape index (κ1) is 12.6. The van der Waals surface area contributed by atoms with E-state index in [0.29, 0.717) is 5.56 Å². The molecule has 0 aliphatic rings. The number of hydrogen-bond donors (Lipinski definition) is 0. The molecule has 0 radical (unpaired) electrons. The third-order valence-electron chi connectivity index (χ3n) is 1.94. The van der Waals surface area contributed by atoms with Crippen LogP contribution >= 0.6 is 11.6 Å². The lowest BCUT2D eigenvalue weighted by molar-refractivity contribution is -0.385. The van der Waals surface area contributed by atoms with Crippen LogP contribution in [-0.4, -0.2) is 24.4 Å². The highest BCUT2D eigenvalue weighted by molar-refractivity contribution is 6.30. The molecule has 16 heavy (non-hydrogen) atoms. The summed E-state index contributed by atoms with van der Waals surface area (Å²) in [5.74, 6) is -0.215. The Morgan fingerprint density at radius 3 is 2.81 bits per heavy atom. The lowest BCUT2D eigenvalue weighted by Gasteiger charge is -2.02. The molecule has 0 amide bonds. The first-order chi connectivity index (χ1) is 7.54. The molecule has 1 rings (SSSR count). The Bertz CT molecular complexity index is 419. The fourth-order valence-corrected chi connectivity index (χ4v) is 1.45. The maximum atomic E-state index is 11.3. The van der Waals surface area contributed by atoms with Crippen LogP contribution < -0.4 is 0 Å². The number of ether oxygens (including phenoxy) is 1. The van der Waals surface area contributed by atoms with Gasteiger partial charge in [-0.25, -0.2) is 0 Å². The fourth-order valence-electron chi connectivity index (χ4n) is 1.28. The van der Waals surface area contributed by atoms with Crippen molar-refractivity contribution in [3.63, 3.8) is 0 Å². The van der Waals surface area contributed by atoms with Gasteiger partial charge in [0.15, 0.2) is 5.78 Å². The van der Waals surface area contributed by atoms with E-state index in [1.54, 1.807) is 0 Å². The van der Waals surface area contributed by atoms with E-state index in [2.05, 4.69) is 4.74 Å². The Hall–Kier alpha value is -1.46. The highest BCUT2D eigenvalue weighted by atomic mass is 35.5. The van der Waals surface area contributed by atoms with Crippen molar-refractivity contribution in [1.82, 2.24) is 0 Å². The predicted molar refractivity (Wildman–Crippen MR) is 58.7 cm³/mol. The first-order valence-corrected chi connectivity index (χ1v) is 4.86. The Balaban J connectivity index is 2.95. The zero-order chi connectivity index (χ0) is 12.1. The average Bonchev–Trinajstić information content (AvgIpc) is 2.20. The number of carbonyl (C=O) groups is 1. The number of rotatable bonds is 5. The van der Waals surface area contributed by atoms with Gasteiger partial charge in [-0.1, -0.05) is 17.7 Å². The van der Waals surface area contributed by atoms with Crippen molar-refractivity contribution in [3.8, 4) is 0 Å². The summed E-state index contributed by atoms with van der Waals surface area (Å²) in [4.78, 5) is 21.5. The van der Waals surface area contributed by atoms with Crippen LogP contribution in [0.15, 0.2) is 18.2 Å². The summed E-state index contributed by atoms with van der Waals surface area (Å²) in [5, 5.41) is 11.0. The van der Waals surface area contributed by atoms with Crippen molar-refractivity contribution in [2.24, 2.45) is 0 Å². The van der Waals surface area contributed by atoms with Gasteiger partial charge in [0.2, 0.25) is 0 Å². The van der Waals surface area contributed by atoms with Gasteiger partial charge >= 0.3 is 0 Å². The minimum Gasteiger partial charge on any atom is -0.377 e. The average molecular weight is 244 g/mol. The molecule has 0 saturated carbocycles. The van der Waals surface area contributed by atoms with E-state index >= 15 is 0 Å². The Labute approximate surface area is 97.1 Å². The SMILES string of the molecule is COCC(=O)Cc1ccc(Cl)cc1[N+](=O)[O-]. The number of ketones is 1. The van der Waals surface area contributed by atoms with E-state index < -0.39 is 4.92 Å². The molecule has 0 aliphatic carbocycles. The monoisotopic (exact) mass is 243 g/mol. The van der Waals surface area contributed by atoms with Crippen molar-refractivity contribution >= 4 is 23.1 Å². The van der Waals surface area contributed by atoms with E-state index in [9.17, 15) is 14.9 Å². The fraction of sp³-hybridized carbons (Fsp3) is 0.300. The van der Waals surface area contributed by atoms with Crippen LogP contribution in [0.1, 0.15) is 5.56 Å². The van der Waals surface area contributed by atoms with Crippen molar-refractivity contribution in [3.05, 3.63) is 38.9 Å². The molecule has 0 bridgehead atoms. The zero-order valence-corrected chi connectivity index (χ0v) is 9.36. The molecule has 0 spiro atoms. The van der Waals surface area contributed by atoms with Crippen LogP contribution in [0.2, 0.25) is 5.02 Å². The summed E-state index contributed by atoms with van der Waals surface area (Å²) >= 11 is 5.64. The minimum atomic E-state index is -0.554. The molecule has 86 valence electrons. The number of nitro benzene ring substituents is 1. The molecule has 0 heterocycles. The molecular formula is C10H10ClNO4. The second-order valence-electron chi connectivity index (χ2n) is 3.18. The van der Waals surface area contributed by atoms with Gasteiger partial charge in [0.1, 0.15) is 6.61 Å². The van der Waals surface area contributed by atoms with E-state index in [1.807, 2.05) is 0 Å². The van der Waals surface area contributed by atoms with Gasteiger partial charge in [0.05, 0.1) is 4.92 Å². The summed E-state index contributed by atoms with van der Waals surface area (Å²) in [5.41, 5.74) is 0.202. The number of methoxy groups -OCH3 is 1. The maximum absolute atomic E-state index is 11.3. The number of hydrogen-bond acceptors (Lipinski definition) is 4. The molecule has 0 aromatic heterocycles. The summed E-state index contributed by atoms with van der Waals surface area (Å²) < 4.78 is 4.65. The van der Waals surface area contributed by atoms with E-state index in [1.165, 1.54) is 25.3 Å². The van der Waals surface area contributed by atoms with Gasteiger partial charge in [0, 0.05) is 30.2 Å². The summed E-state index contributed by atoms with van der Waals surface area (Å²) in [6, 6.07) is 4.23. The van der Waals surface area contributed by atoms with E-state index in [-0.39, 0.29) is 29.5 Å². The predicted octanol–water partition coefficient (Wildman–Crippen LogP) is 2.01. The lowest BCUT2D eigenvalue weighted by atomic mass is 10.1. The number of Topliss-reactive ketones (excluding diaryl/α,β-unsaturated/α-hetero) is 1. The van der Waals surface area contributed by atoms with Crippen molar-refractivity contribution in [1.29, 1.82) is 0 Å². The standard InChI is InChI=1S/C10H10ClNO4/c1-16-6-9(13)4-7-2-3-8(11)5-10(7)12(14)15/h2-3,5H,4,6H2,1H3. The van der Waals surface area contributed by atoms with Crippen molar-refractivity contribution < 1.29 is 14.5 Å². The van der Waals surface area contributed by atoms with Crippen LogP contribution in [0.3, 0.4) is 0 Å². The molecule has 0 unspecified atom stereocenters. The summed E-state index contributed by atoms with van der Waals surface area (Å²) in [6.07, 6.45) is -0.0265. The second kappa shape index (κ2) is 5.58. The van der Waals surface area contributed by atoms with E-state index in [0.717, 1.165) is 0 Å². The van der Waals surface area contributed by atoms with Gasteiger partial charge in [0.25, 0.3) is 5.69 Å². The molecule has 5 nitrogen and oxygen atoms in total. The quantitative estimate of drug-likeness (QED) is 0.586. The smallest absolute Gasteiger partial charge is 0.274 e. The van der Waals surface area contributed by atoms with Crippen LogP contribution in [0.4, 0.5) is 5.69 Å². The molecule has 0 atom stereocenters. The molecule has 0 fully saturated rings. The molecular weight excluding hydrogens is 234 g/mol. The van der Waals surface area contributed by atoms with Gasteiger partial charge in [-0.05, 0) is 6.07 Å².